The minimum absolute atomic E-state index is 0.291. The van der Waals surface area contributed by atoms with Gasteiger partial charge in [-0.1, -0.05) is 13.8 Å². The largest absolute Gasteiger partial charge is 0.462 e. The zero-order valence-corrected chi connectivity index (χ0v) is 18.7. The van der Waals surface area contributed by atoms with Crippen molar-refractivity contribution in [3.05, 3.63) is 47.1 Å². The van der Waals surface area contributed by atoms with Crippen LogP contribution >= 0.6 is 11.3 Å². The fraction of sp³-hybridized carbons (Fsp3) is 0.364. The van der Waals surface area contributed by atoms with Gasteiger partial charge in [-0.2, -0.15) is 0 Å². The molecule has 0 aliphatic rings. The standard InChI is InChI=1S/C22H26N4O4S/c1-4-26(5-2)11-12-30-21(27)15-7-9-16(10-8-15)25-19-18-17(22(28)29-6-3)13-31-20(18)24-14-23-19/h7-10,13-14H,4-6,11-12H2,1-3H3,(H,23,24,25). The fourth-order valence-electron chi connectivity index (χ4n) is 3.05. The number of hydrogen-bond acceptors (Lipinski definition) is 9. The number of carbonyl (C=O) groups excluding carboxylic acids is 2. The Labute approximate surface area is 185 Å². The zero-order valence-electron chi connectivity index (χ0n) is 17.9. The van der Waals surface area contributed by atoms with Crippen LogP contribution in [-0.2, 0) is 9.47 Å². The van der Waals surface area contributed by atoms with Gasteiger partial charge in [0.05, 0.1) is 23.1 Å². The number of nitrogens with zero attached hydrogens (tertiary/aromatic N) is 3. The lowest BCUT2D eigenvalue weighted by molar-refractivity contribution is 0.0465. The van der Waals surface area contributed by atoms with Gasteiger partial charge in [0.15, 0.2) is 0 Å². The topological polar surface area (TPSA) is 93.7 Å². The number of fused-ring (bicyclic) bond motifs is 1. The minimum Gasteiger partial charge on any atom is -0.462 e. The molecule has 0 aliphatic carbocycles. The molecule has 0 bridgehead atoms. The number of benzene rings is 1. The minimum atomic E-state index is -0.408. The van der Waals surface area contributed by atoms with E-state index >= 15 is 0 Å². The lowest BCUT2D eigenvalue weighted by Crippen LogP contribution is -2.27. The van der Waals surface area contributed by atoms with Gasteiger partial charge in [0, 0.05) is 17.6 Å². The van der Waals surface area contributed by atoms with Gasteiger partial charge < -0.3 is 19.7 Å². The van der Waals surface area contributed by atoms with Crippen LogP contribution in [0.4, 0.5) is 11.5 Å². The van der Waals surface area contributed by atoms with Crippen LogP contribution < -0.4 is 5.32 Å². The summed E-state index contributed by atoms with van der Waals surface area (Å²) in [7, 11) is 0. The average Bonchev–Trinajstić information content (AvgIpc) is 3.23. The number of nitrogens with one attached hydrogen (secondary N) is 1. The molecule has 0 aliphatic heterocycles. The summed E-state index contributed by atoms with van der Waals surface area (Å²) in [5.74, 6) is -0.260. The molecule has 0 spiro atoms. The molecule has 0 unspecified atom stereocenters. The number of carbonyl (C=O) groups is 2. The van der Waals surface area contributed by atoms with Crippen molar-refractivity contribution in [2.24, 2.45) is 0 Å². The van der Waals surface area contributed by atoms with Crippen molar-refractivity contribution in [1.29, 1.82) is 0 Å². The monoisotopic (exact) mass is 442 g/mol. The Balaban J connectivity index is 1.70. The maximum absolute atomic E-state index is 12.3. The second-order valence-electron chi connectivity index (χ2n) is 6.64. The van der Waals surface area contributed by atoms with Gasteiger partial charge in [-0.3, -0.25) is 0 Å². The Morgan fingerprint density at radius 1 is 1.03 bits per heavy atom. The summed E-state index contributed by atoms with van der Waals surface area (Å²) in [5.41, 5.74) is 1.62. The number of thiophene rings is 1. The van der Waals surface area contributed by atoms with Gasteiger partial charge in [-0.15, -0.1) is 11.3 Å². The van der Waals surface area contributed by atoms with Crippen molar-refractivity contribution in [2.75, 3.05) is 38.2 Å². The SMILES string of the molecule is CCOC(=O)c1csc2ncnc(Nc3ccc(C(=O)OCCN(CC)CC)cc3)c12. The molecular weight excluding hydrogens is 416 g/mol. The third-order valence-electron chi connectivity index (χ3n) is 4.78. The van der Waals surface area contributed by atoms with Gasteiger partial charge in [0.2, 0.25) is 0 Å². The molecule has 8 nitrogen and oxygen atoms in total. The van der Waals surface area contributed by atoms with E-state index in [0.29, 0.717) is 46.9 Å². The molecule has 0 radical (unpaired) electrons. The van der Waals surface area contributed by atoms with Crippen LogP contribution in [0.2, 0.25) is 0 Å². The summed E-state index contributed by atoms with van der Waals surface area (Å²) >= 11 is 1.36. The highest BCUT2D eigenvalue weighted by molar-refractivity contribution is 7.17. The van der Waals surface area contributed by atoms with Gasteiger partial charge in [0.1, 0.15) is 23.6 Å². The lowest BCUT2D eigenvalue weighted by atomic mass is 10.2. The maximum Gasteiger partial charge on any atom is 0.339 e. The van der Waals surface area contributed by atoms with E-state index in [1.54, 1.807) is 36.6 Å². The van der Waals surface area contributed by atoms with E-state index in [9.17, 15) is 9.59 Å². The summed E-state index contributed by atoms with van der Waals surface area (Å²) in [6.45, 7) is 9.12. The van der Waals surface area contributed by atoms with Crippen LogP contribution in [0.5, 0.6) is 0 Å². The van der Waals surface area contributed by atoms with Crippen LogP contribution in [0.3, 0.4) is 0 Å². The Morgan fingerprint density at radius 3 is 2.45 bits per heavy atom. The summed E-state index contributed by atoms with van der Waals surface area (Å²) in [4.78, 5) is 35.9. The Bertz CT molecular complexity index is 1030. The quantitative estimate of drug-likeness (QED) is 0.469. The molecule has 1 aromatic carbocycles. The summed E-state index contributed by atoms with van der Waals surface area (Å²) < 4.78 is 10.5. The first-order chi connectivity index (χ1) is 15.1. The molecular formula is C22H26N4O4S. The second kappa shape index (κ2) is 10.8. The van der Waals surface area contributed by atoms with Crippen LogP contribution in [-0.4, -0.2) is 59.7 Å². The molecule has 2 heterocycles. The molecule has 164 valence electrons. The van der Waals surface area contributed by atoms with E-state index in [-0.39, 0.29) is 5.97 Å². The number of hydrogen-bond donors (Lipinski definition) is 1. The van der Waals surface area contributed by atoms with Crippen molar-refractivity contribution >= 4 is 45.0 Å². The summed E-state index contributed by atoms with van der Waals surface area (Å²) in [6.07, 6.45) is 1.44. The van der Waals surface area contributed by atoms with Crippen molar-refractivity contribution in [3.8, 4) is 0 Å². The lowest BCUT2D eigenvalue weighted by Gasteiger charge is -2.17. The molecule has 3 rings (SSSR count). The third-order valence-corrected chi connectivity index (χ3v) is 5.67. The molecule has 0 saturated carbocycles. The Hall–Kier alpha value is -3.04. The Kier molecular flexibility index (Phi) is 7.91. The number of anilines is 2. The predicted octanol–water partition coefficient (Wildman–Crippen LogP) is 4.11. The Morgan fingerprint density at radius 2 is 1.77 bits per heavy atom. The number of ether oxygens (including phenoxy) is 2. The van der Waals surface area contributed by atoms with Crippen molar-refractivity contribution in [2.45, 2.75) is 20.8 Å². The zero-order chi connectivity index (χ0) is 22.2. The highest BCUT2D eigenvalue weighted by Crippen LogP contribution is 2.31. The van der Waals surface area contributed by atoms with Crippen LogP contribution in [0, 0.1) is 0 Å². The molecule has 0 atom stereocenters. The molecule has 3 aromatic rings. The second-order valence-corrected chi connectivity index (χ2v) is 7.50. The van der Waals surface area contributed by atoms with Crippen LogP contribution in [0.15, 0.2) is 36.0 Å². The molecule has 2 aromatic heterocycles. The van der Waals surface area contributed by atoms with Crippen LogP contribution in [0.1, 0.15) is 41.5 Å². The van der Waals surface area contributed by atoms with Gasteiger partial charge >= 0.3 is 11.9 Å². The maximum atomic E-state index is 12.3. The first-order valence-corrected chi connectivity index (χ1v) is 11.1. The van der Waals surface area contributed by atoms with E-state index in [2.05, 4.69) is 34.0 Å². The van der Waals surface area contributed by atoms with Gasteiger partial charge in [-0.05, 0) is 44.3 Å². The highest BCUT2D eigenvalue weighted by Gasteiger charge is 2.18. The van der Waals surface area contributed by atoms with E-state index < -0.39 is 5.97 Å². The van der Waals surface area contributed by atoms with Gasteiger partial charge in [-0.25, -0.2) is 19.6 Å². The first kappa shape index (κ1) is 22.6. The molecule has 31 heavy (non-hydrogen) atoms. The normalized spacial score (nSPS) is 11.0. The van der Waals surface area contributed by atoms with E-state index in [4.69, 9.17) is 9.47 Å². The average molecular weight is 443 g/mol. The van der Waals surface area contributed by atoms with E-state index in [1.807, 2.05) is 0 Å². The van der Waals surface area contributed by atoms with Crippen molar-refractivity contribution in [1.82, 2.24) is 14.9 Å². The molecule has 9 heteroatoms. The van der Waals surface area contributed by atoms with E-state index in [0.717, 1.165) is 18.8 Å². The molecule has 0 saturated heterocycles. The van der Waals surface area contributed by atoms with Crippen molar-refractivity contribution < 1.29 is 19.1 Å². The van der Waals surface area contributed by atoms with Crippen LogP contribution in [0.25, 0.3) is 10.2 Å². The van der Waals surface area contributed by atoms with E-state index in [1.165, 1.54) is 17.7 Å². The number of aromatic nitrogens is 2. The number of rotatable bonds is 10. The first-order valence-electron chi connectivity index (χ1n) is 10.2. The summed E-state index contributed by atoms with van der Waals surface area (Å²) in [6, 6.07) is 6.93. The number of esters is 2. The summed E-state index contributed by atoms with van der Waals surface area (Å²) in [5, 5.41) is 5.54. The molecule has 0 amide bonds. The third kappa shape index (κ3) is 5.56. The smallest absolute Gasteiger partial charge is 0.339 e. The van der Waals surface area contributed by atoms with Crippen molar-refractivity contribution in [3.63, 3.8) is 0 Å². The molecule has 0 fully saturated rings. The fourth-order valence-corrected chi connectivity index (χ4v) is 3.92. The number of likely N-dealkylation sites (N-methyl/N-ethyl adjacent to an activating group) is 1. The van der Waals surface area contributed by atoms with Gasteiger partial charge in [0.25, 0.3) is 0 Å². The highest BCUT2D eigenvalue weighted by atomic mass is 32.1. The predicted molar refractivity (Wildman–Crippen MR) is 121 cm³/mol. The molecule has 1 N–H and O–H groups in total.